The van der Waals surface area contributed by atoms with E-state index in [1.807, 2.05) is 18.2 Å². The summed E-state index contributed by atoms with van der Waals surface area (Å²) in [6.07, 6.45) is 0. The average Bonchev–Trinajstić information content (AvgIpc) is 2.43. The molecule has 0 saturated carbocycles. The lowest BCUT2D eigenvalue weighted by Gasteiger charge is -2.10. The molecule has 0 atom stereocenters. The minimum absolute atomic E-state index is 0.0963. The zero-order chi connectivity index (χ0) is 14.5. The fourth-order valence-corrected chi connectivity index (χ4v) is 2.35. The van der Waals surface area contributed by atoms with Gasteiger partial charge in [0.25, 0.3) is 0 Å². The molecule has 5 heteroatoms. The van der Waals surface area contributed by atoms with Crippen molar-refractivity contribution < 1.29 is 9.84 Å². The number of rotatable bonds is 5. The van der Waals surface area contributed by atoms with Gasteiger partial charge in [0, 0.05) is 19.3 Å². The Hall–Kier alpha value is -1.42. The number of phenols is 1. The molecular weight excluding hydrogens is 297 g/mol. The molecule has 2 aromatic carbocycles. The van der Waals surface area contributed by atoms with E-state index in [9.17, 15) is 5.11 Å². The highest BCUT2D eigenvalue weighted by Gasteiger charge is 2.06. The number of benzene rings is 2. The van der Waals surface area contributed by atoms with Crippen molar-refractivity contribution in [2.45, 2.75) is 13.2 Å². The number of nitrogens with one attached hydrogen (secondary N) is 1. The molecule has 0 aliphatic carbocycles. The molecule has 20 heavy (non-hydrogen) atoms. The Morgan fingerprint density at radius 2 is 1.75 bits per heavy atom. The Labute approximate surface area is 128 Å². The molecule has 0 unspecified atom stereocenters. The highest BCUT2D eigenvalue weighted by atomic mass is 35.5. The summed E-state index contributed by atoms with van der Waals surface area (Å²) in [4.78, 5) is 0. The lowest BCUT2D eigenvalue weighted by atomic mass is 10.1. The maximum absolute atomic E-state index is 9.51. The number of halogens is 2. The van der Waals surface area contributed by atoms with E-state index in [-0.39, 0.29) is 15.8 Å². The van der Waals surface area contributed by atoms with Crippen LogP contribution in [0.2, 0.25) is 10.0 Å². The molecule has 0 aromatic heterocycles. The molecule has 0 radical (unpaired) electrons. The number of methoxy groups -OCH3 is 1. The van der Waals surface area contributed by atoms with E-state index in [0.29, 0.717) is 13.2 Å². The SMILES string of the molecule is COCc1cccc(CNc2cc(Cl)c(O)c(Cl)c2)c1. The number of anilines is 1. The summed E-state index contributed by atoms with van der Waals surface area (Å²) in [7, 11) is 1.67. The first-order valence-electron chi connectivity index (χ1n) is 6.09. The van der Waals surface area contributed by atoms with Crippen LogP contribution in [0.15, 0.2) is 36.4 Å². The van der Waals surface area contributed by atoms with Gasteiger partial charge in [-0.25, -0.2) is 0 Å². The molecule has 0 amide bonds. The summed E-state index contributed by atoms with van der Waals surface area (Å²) < 4.78 is 5.11. The predicted octanol–water partition coefficient (Wildman–Crippen LogP) is 4.46. The van der Waals surface area contributed by atoms with Crippen LogP contribution in [0.25, 0.3) is 0 Å². The second-order valence-electron chi connectivity index (χ2n) is 4.40. The van der Waals surface area contributed by atoms with Crippen LogP contribution < -0.4 is 5.32 Å². The standard InChI is InChI=1S/C15H15Cl2NO2/c1-20-9-11-4-2-3-10(5-11)8-18-12-6-13(16)15(19)14(17)7-12/h2-7,18-19H,8-9H2,1H3. The third-order valence-corrected chi connectivity index (χ3v) is 3.39. The Kier molecular flexibility index (Phi) is 5.12. The van der Waals surface area contributed by atoms with Gasteiger partial charge in [-0.05, 0) is 23.3 Å². The van der Waals surface area contributed by atoms with Crippen LogP contribution in [-0.2, 0) is 17.9 Å². The summed E-state index contributed by atoms with van der Waals surface area (Å²) in [5, 5.41) is 13.2. The van der Waals surface area contributed by atoms with E-state index in [2.05, 4.69) is 11.4 Å². The Bertz CT molecular complexity index is 579. The van der Waals surface area contributed by atoms with E-state index in [1.165, 1.54) is 0 Å². The van der Waals surface area contributed by atoms with Crippen LogP contribution in [0.1, 0.15) is 11.1 Å². The fourth-order valence-electron chi connectivity index (χ4n) is 1.87. The second kappa shape index (κ2) is 6.84. The van der Waals surface area contributed by atoms with Crippen molar-refractivity contribution in [1.82, 2.24) is 0 Å². The van der Waals surface area contributed by atoms with Crippen LogP contribution >= 0.6 is 23.2 Å². The van der Waals surface area contributed by atoms with Crippen LogP contribution in [0.3, 0.4) is 0 Å². The molecular formula is C15H15Cl2NO2. The molecule has 2 N–H and O–H groups in total. The Morgan fingerprint density at radius 3 is 2.40 bits per heavy atom. The van der Waals surface area contributed by atoms with Crippen molar-refractivity contribution in [3.63, 3.8) is 0 Å². The van der Waals surface area contributed by atoms with Crippen molar-refractivity contribution in [3.8, 4) is 5.75 Å². The van der Waals surface area contributed by atoms with Gasteiger partial charge in [0.15, 0.2) is 5.75 Å². The Morgan fingerprint density at radius 1 is 1.10 bits per heavy atom. The highest BCUT2D eigenvalue weighted by Crippen LogP contribution is 2.34. The number of hydrogen-bond donors (Lipinski definition) is 2. The van der Waals surface area contributed by atoms with Crippen molar-refractivity contribution in [2.24, 2.45) is 0 Å². The van der Waals surface area contributed by atoms with E-state index in [0.717, 1.165) is 16.8 Å². The van der Waals surface area contributed by atoms with Gasteiger partial charge in [0.2, 0.25) is 0 Å². The zero-order valence-corrected chi connectivity index (χ0v) is 12.5. The third kappa shape index (κ3) is 3.79. The molecule has 0 saturated heterocycles. The molecule has 0 aliphatic rings. The summed E-state index contributed by atoms with van der Waals surface area (Å²) in [5.41, 5.74) is 3.00. The van der Waals surface area contributed by atoms with Gasteiger partial charge in [-0.15, -0.1) is 0 Å². The van der Waals surface area contributed by atoms with Crippen molar-refractivity contribution in [2.75, 3.05) is 12.4 Å². The largest absolute Gasteiger partial charge is 0.505 e. The smallest absolute Gasteiger partial charge is 0.152 e. The summed E-state index contributed by atoms with van der Waals surface area (Å²) in [6, 6.07) is 11.4. The van der Waals surface area contributed by atoms with E-state index in [1.54, 1.807) is 19.2 Å². The number of hydrogen-bond acceptors (Lipinski definition) is 3. The normalized spacial score (nSPS) is 10.6. The zero-order valence-electron chi connectivity index (χ0n) is 11.0. The van der Waals surface area contributed by atoms with Crippen molar-refractivity contribution in [3.05, 3.63) is 57.6 Å². The highest BCUT2D eigenvalue weighted by molar-refractivity contribution is 6.37. The molecule has 0 fully saturated rings. The van der Waals surface area contributed by atoms with Crippen molar-refractivity contribution >= 4 is 28.9 Å². The second-order valence-corrected chi connectivity index (χ2v) is 5.21. The van der Waals surface area contributed by atoms with E-state index in [4.69, 9.17) is 27.9 Å². The molecule has 0 spiro atoms. The number of aromatic hydroxyl groups is 1. The van der Waals surface area contributed by atoms with Gasteiger partial charge in [-0.3, -0.25) is 0 Å². The maximum Gasteiger partial charge on any atom is 0.152 e. The summed E-state index contributed by atoms with van der Waals surface area (Å²) in [6.45, 7) is 1.22. The average molecular weight is 312 g/mol. The van der Waals surface area contributed by atoms with Crippen LogP contribution in [0, 0.1) is 0 Å². The molecule has 0 aliphatic heterocycles. The van der Waals surface area contributed by atoms with Crippen molar-refractivity contribution in [1.29, 1.82) is 0 Å². The van der Waals surface area contributed by atoms with Crippen LogP contribution in [0.4, 0.5) is 5.69 Å². The maximum atomic E-state index is 9.51. The number of ether oxygens (including phenoxy) is 1. The first-order valence-corrected chi connectivity index (χ1v) is 6.84. The minimum atomic E-state index is -0.0963. The minimum Gasteiger partial charge on any atom is -0.505 e. The molecule has 0 bridgehead atoms. The lowest BCUT2D eigenvalue weighted by molar-refractivity contribution is 0.185. The number of phenolic OH excluding ortho intramolecular Hbond substituents is 1. The first-order chi connectivity index (χ1) is 9.60. The summed E-state index contributed by atoms with van der Waals surface area (Å²) >= 11 is 11.8. The molecule has 3 nitrogen and oxygen atoms in total. The van der Waals surface area contributed by atoms with Gasteiger partial charge in [-0.2, -0.15) is 0 Å². The van der Waals surface area contributed by atoms with E-state index < -0.39 is 0 Å². The van der Waals surface area contributed by atoms with Gasteiger partial charge in [0.05, 0.1) is 16.7 Å². The monoisotopic (exact) mass is 311 g/mol. The molecule has 2 aromatic rings. The Balaban J connectivity index is 2.07. The van der Waals surface area contributed by atoms with Gasteiger partial charge in [-0.1, -0.05) is 47.5 Å². The van der Waals surface area contributed by atoms with Crippen LogP contribution in [0.5, 0.6) is 5.75 Å². The van der Waals surface area contributed by atoms with Gasteiger partial charge in [0.1, 0.15) is 0 Å². The molecule has 2 rings (SSSR count). The van der Waals surface area contributed by atoms with Gasteiger partial charge >= 0.3 is 0 Å². The third-order valence-electron chi connectivity index (χ3n) is 2.82. The predicted molar refractivity (Wildman–Crippen MR) is 82.6 cm³/mol. The van der Waals surface area contributed by atoms with Gasteiger partial charge < -0.3 is 15.2 Å². The quantitative estimate of drug-likeness (QED) is 0.801. The van der Waals surface area contributed by atoms with E-state index >= 15 is 0 Å². The topological polar surface area (TPSA) is 41.5 Å². The molecule has 0 heterocycles. The fraction of sp³-hybridized carbons (Fsp3) is 0.200. The summed E-state index contributed by atoms with van der Waals surface area (Å²) in [5.74, 6) is -0.0963. The van der Waals surface area contributed by atoms with Crippen LogP contribution in [-0.4, -0.2) is 12.2 Å². The first kappa shape index (κ1) is 15.0. The lowest BCUT2D eigenvalue weighted by Crippen LogP contribution is -2.00. The molecule has 106 valence electrons.